The zero-order chi connectivity index (χ0) is 17.0. The highest BCUT2D eigenvalue weighted by Crippen LogP contribution is 2.17. The molecule has 0 saturated heterocycles. The lowest BCUT2D eigenvalue weighted by molar-refractivity contribution is 0.0936. The van der Waals surface area contributed by atoms with Crippen LogP contribution in [-0.4, -0.2) is 33.0 Å². The maximum absolute atomic E-state index is 12.4. The molecule has 0 unspecified atom stereocenters. The zero-order valence-corrected chi connectivity index (χ0v) is 16.4. The van der Waals surface area contributed by atoms with E-state index in [1.54, 1.807) is 4.68 Å². The van der Waals surface area contributed by atoms with Gasteiger partial charge in [0, 0.05) is 16.6 Å². The summed E-state index contributed by atoms with van der Waals surface area (Å²) >= 11 is 3.43. The Morgan fingerprint density at radius 1 is 1.38 bits per heavy atom. The van der Waals surface area contributed by atoms with Gasteiger partial charge in [-0.1, -0.05) is 41.1 Å². The minimum atomic E-state index is -0.385. The van der Waals surface area contributed by atoms with Gasteiger partial charge in [-0.05, 0) is 38.0 Å². The largest absolute Gasteiger partial charge is 0.349 e. The molecule has 1 aromatic heterocycles. The number of hydrogen-bond acceptors (Lipinski definition) is 4. The summed E-state index contributed by atoms with van der Waals surface area (Å²) in [6, 6.07) is 7.67. The summed E-state index contributed by atoms with van der Waals surface area (Å²) in [5, 5.41) is 11.0. The van der Waals surface area contributed by atoms with Crippen LogP contribution < -0.4 is 11.1 Å². The minimum Gasteiger partial charge on any atom is -0.349 e. The van der Waals surface area contributed by atoms with Gasteiger partial charge in [-0.15, -0.1) is 17.5 Å². The Balaban J connectivity index is 0.00000288. The van der Waals surface area contributed by atoms with Crippen molar-refractivity contribution in [2.45, 2.75) is 39.2 Å². The first-order chi connectivity index (χ1) is 10.9. The Morgan fingerprint density at radius 2 is 2.04 bits per heavy atom. The van der Waals surface area contributed by atoms with Crippen molar-refractivity contribution < 1.29 is 4.79 Å². The number of carbonyl (C=O) groups is 1. The van der Waals surface area contributed by atoms with E-state index in [2.05, 4.69) is 31.6 Å². The monoisotopic (exact) mass is 415 g/mol. The molecule has 3 N–H and O–H groups in total. The standard InChI is InChI=1S/C16H22BrN5O.ClH/c1-4-16(18,5-2)10-19-15(23)14-11(3)22(21-20-14)13-8-6-7-12(17)9-13;/h6-9H,4-5,10,18H2,1-3H3,(H,19,23);1H. The molecule has 8 heteroatoms. The average Bonchev–Trinajstić information content (AvgIpc) is 2.94. The third-order valence-electron chi connectivity index (χ3n) is 4.17. The fourth-order valence-electron chi connectivity index (χ4n) is 2.23. The highest BCUT2D eigenvalue weighted by atomic mass is 79.9. The average molecular weight is 417 g/mol. The van der Waals surface area contributed by atoms with Crippen molar-refractivity contribution in [2.24, 2.45) is 5.73 Å². The Labute approximate surface area is 156 Å². The van der Waals surface area contributed by atoms with E-state index in [4.69, 9.17) is 5.73 Å². The second-order valence-corrected chi connectivity index (χ2v) is 6.58. The number of nitrogens with one attached hydrogen (secondary N) is 1. The summed E-state index contributed by atoms with van der Waals surface area (Å²) < 4.78 is 2.59. The summed E-state index contributed by atoms with van der Waals surface area (Å²) in [6.45, 7) is 6.28. The second-order valence-electron chi connectivity index (χ2n) is 5.67. The van der Waals surface area contributed by atoms with Crippen LogP contribution in [0.25, 0.3) is 5.69 Å². The molecule has 24 heavy (non-hydrogen) atoms. The van der Waals surface area contributed by atoms with Crippen LogP contribution in [0.15, 0.2) is 28.7 Å². The quantitative estimate of drug-likeness (QED) is 0.758. The van der Waals surface area contributed by atoms with Crippen molar-refractivity contribution in [2.75, 3.05) is 6.54 Å². The fraction of sp³-hybridized carbons (Fsp3) is 0.438. The van der Waals surface area contributed by atoms with Crippen molar-refractivity contribution in [3.63, 3.8) is 0 Å². The predicted octanol–water partition coefficient (Wildman–Crippen LogP) is 3.01. The molecule has 1 heterocycles. The summed E-state index contributed by atoms with van der Waals surface area (Å²) in [5.41, 5.74) is 7.68. The second kappa shape index (κ2) is 8.60. The van der Waals surface area contributed by atoms with Crippen LogP contribution >= 0.6 is 28.3 Å². The maximum Gasteiger partial charge on any atom is 0.273 e. The van der Waals surface area contributed by atoms with Crippen LogP contribution in [0.1, 0.15) is 42.9 Å². The van der Waals surface area contributed by atoms with Crippen molar-refractivity contribution in [1.29, 1.82) is 0 Å². The van der Waals surface area contributed by atoms with Gasteiger partial charge in [0.05, 0.1) is 11.4 Å². The number of carbonyl (C=O) groups excluding carboxylic acids is 1. The van der Waals surface area contributed by atoms with Crippen LogP contribution in [0.5, 0.6) is 0 Å². The molecule has 0 radical (unpaired) electrons. The molecule has 0 aliphatic carbocycles. The molecule has 0 saturated carbocycles. The van der Waals surface area contributed by atoms with Crippen LogP contribution in [0.2, 0.25) is 0 Å². The molecule has 0 spiro atoms. The minimum absolute atomic E-state index is 0. The molecule has 2 aromatic rings. The highest BCUT2D eigenvalue weighted by molar-refractivity contribution is 9.10. The maximum atomic E-state index is 12.4. The van der Waals surface area contributed by atoms with Gasteiger partial charge in [-0.25, -0.2) is 4.68 Å². The first-order valence-electron chi connectivity index (χ1n) is 7.65. The molecule has 0 atom stereocenters. The highest BCUT2D eigenvalue weighted by Gasteiger charge is 2.23. The lowest BCUT2D eigenvalue weighted by Gasteiger charge is -2.26. The molecule has 0 aliphatic rings. The van der Waals surface area contributed by atoms with E-state index in [1.807, 2.05) is 45.0 Å². The van der Waals surface area contributed by atoms with Gasteiger partial charge in [0.25, 0.3) is 5.91 Å². The Bertz CT molecular complexity index is 700. The third kappa shape index (κ3) is 4.55. The van der Waals surface area contributed by atoms with Gasteiger partial charge in [0.2, 0.25) is 0 Å². The molecule has 132 valence electrons. The number of hydrogen-bond donors (Lipinski definition) is 2. The molecule has 0 bridgehead atoms. The number of aromatic nitrogens is 3. The van der Waals surface area contributed by atoms with E-state index in [9.17, 15) is 4.79 Å². The molecule has 6 nitrogen and oxygen atoms in total. The Hall–Kier alpha value is -1.44. The summed E-state index contributed by atoms with van der Waals surface area (Å²) in [4.78, 5) is 12.4. The lowest BCUT2D eigenvalue weighted by Crippen LogP contribution is -2.49. The van der Waals surface area contributed by atoms with E-state index in [0.29, 0.717) is 17.9 Å². The van der Waals surface area contributed by atoms with Crippen molar-refractivity contribution in [3.8, 4) is 5.69 Å². The zero-order valence-electron chi connectivity index (χ0n) is 14.0. The molecule has 0 fully saturated rings. The topological polar surface area (TPSA) is 85.8 Å². The van der Waals surface area contributed by atoms with Crippen LogP contribution in [0, 0.1) is 6.92 Å². The number of rotatable bonds is 6. The predicted molar refractivity (Wildman–Crippen MR) is 101 cm³/mol. The number of benzene rings is 1. The lowest BCUT2D eigenvalue weighted by atomic mass is 9.94. The SMILES string of the molecule is CCC(N)(CC)CNC(=O)c1nnn(-c2cccc(Br)c2)c1C.Cl. The van der Waals surface area contributed by atoms with E-state index >= 15 is 0 Å². The van der Waals surface area contributed by atoms with Gasteiger partial charge >= 0.3 is 0 Å². The summed E-state index contributed by atoms with van der Waals surface area (Å²) in [6.07, 6.45) is 1.60. The van der Waals surface area contributed by atoms with Gasteiger partial charge in [-0.3, -0.25) is 4.79 Å². The summed E-state index contributed by atoms with van der Waals surface area (Å²) in [5.74, 6) is -0.250. The molecular weight excluding hydrogens is 394 g/mol. The van der Waals surface area contributed by atoms with E-state index < -0.39 is 0 Å². The number of nitrogens with two attached hydrogens (primary N) is 1. The first kappa shape index (κ1) is 20.6. The molecule has 2 rings (SSSR count). The van der Waals surface area contributed by atoms with Crippen molar-refractivity contribution in [1.82, 2.24) is 20.3 Å². The Morgan fingerprint density at radius 3 is 2.62 bits per heavy atom. The van der Waals surface area contributed by atoms with E-state index in [1.165, 1.54) is 0 Å². The molecule has 1 aromatic carbocycles. The molecule has 1 amide bonds. The van der Waals surface area contributed by atoms with Gasteiger partial charge in [0.1, 0.15) is 0 Å². The normalized spacial score (nSPS) is 11.0. The van der Waals surface area contributed by atoms with E-state index in [-0.39, 0.29) is 23.9 Å². The van der Waals surface area contributed by atoms with Crippen LogP contribution in [-0.2, 0) is 0 Å². The first-order valence-corrected chi connectivity index (χ1v) is 8.45. The molecular formula is C16H23BrClN5O. The van der Waals surface area contributed by atoms with Gasteiger partial charge < -0.3 is 11.1 Å². The summed E-state index contributed by atoms with van der Waals surface area (Å²) in [7, 11) is 0. The van der Waals surface area contributed by atoms with Gasteiger partial charge in [0.15, 0.2) is 5.69 Å². The molecule has 0 aliphatic heterocycles. The number of amides is 1. The van der Waals surface area contributed by atoms with E-state index in [0.717, 1.165) is 23.0 Å². The van der Waals surface area contributed by atoms with Gasteiger partial charge in [-0.2, -0.15) is 0 Å². The van der Waals surface area contributed by atoms with Crippen molar-refractivity contribution >= 4 is 34.2 Å². The Kier molecular flexibility index (Phi) is 7.38. The van der Waals surface area contributed by atoms with Crippen molar-refractivity contribution in [3.05, 3.63) is 40.1 Å². The number of halogens is 2. The van der Waals surface area contributed by atoms with Crippen LogP contribution in [0.4, 0.5) is 0 Å². The van der Waals surface area contributed by atoms with Crippen LogP contribution in [0.3, 0.4) is 0 Å². The smallest absolute Gasteiger partial charge is 0.273 e. The third-order valence-corrected chi connectivity index (χ3v) is 4.66. The number of nitrogens with zero attached hydrogens (tertiary/aromatic N) is 3. The fourth-order valence-corrected chi connectivity index (χ4v) is 2.62.